The van der Waals surface area contributed by atoms with Crippen LogP contribution < -0.4 is 5.32 Å². The number of pyridine rings is 1. The second kappa shape index (κ2) is 4.75. The molecule has 15 heavy (non-hydrogen) atoms. The molecule has 1 N–H and O–H groups in total. The van der Waals surface area contributed by atoms with Crippen molar-refractivity contribution in [3.8, 4) is 0 Å². The highest BCUT2D eigenvalue weighted by atomic mass is 14.9. The predicted octanol–water partition coefficient (Wildman–Crippen LogP) is 2.84. The van der Waals surface area contributed by atoms with Crippen LogP contribution in [0, 0.1) is 12.8 Å². The number of aryl methyl sites for hydroxylation is 1. The lowest BCUT2D eigenvalue weighted by Gasteiger charge is -2.18. The molecule has 1 heterocycles. The van der Waals surface area contributed by atoms with E-state index in [1.807, 2.05) is 6.20 Å². The van der Waals surface area contributed by atoms with Crippen LogP contribution in [-0.2, 0) is 0 Å². The molecule has 1 saturated carbocycles. The summed E-state index contributed by atoms with van der Waals surface area (Å²) in [5, 5.41) is 3.57. The lowest BCUT2D eigenvalue weighted by Crippen LogP contribution is -2.21. The first-order valence-electron chi connectivity index (χ1n) is 5.95. The fourth-order valence-corrected chi connectivity index (χ4v) is 2.05. The molecule has 2 heteroatoms. The molecule has 2 nitrogen and oxygen atoms in total. The van der Waals surface area contributed by atoms with Crippen molar-refractivity contribution in [1.29, 1.82) is 0 Å². The van der Waals surface area contributed by atoms with Crippen LogP contribution >= 0.6 is 0 Å². The Hall–Kier alpha value is -0.890. The minimum absolute atomic E-state index is 0.532. The Morgan fingerprint density at radius 1 is 1.53 bits per heavy atom. The molecule has 1 aliphatic carbocycles. The maximum Gasteiger partial charge on any atom is 0.0375 e. The second-order valence-corrected chi connectivity index (χ2v) is 4.52. The van der Waals surface area contributed by atoms with Gasteiger partial charge in [0.2, 0.25) is 0 Å². The van der Waals surface area contributed by atoms with Gasteiger partial charge in [-0.25, -0.2) is 0 Å². The normalized spacial score (nSPS) is 17.7. The summed E-state index contributed by atoms with van der Waals surface area (Å²) in [7, 11) is 0. The van der Waals surface area contributed by atoms with Gasteiger partial charge in [0.05, 0.1) is 0 Å². The summed E-state index contributed by atoms with van der Waals surface area (Å²) in [6.45, 7) is 5.27. The van der Waals surface area contributed by atoms with Crippen molar-refractivity contribution in [2.45, 2.75) is 39.2 Å². The van der Waals surface area contributed by atoms with Gasteiger partial charge in [-0.05, 0) is 43.5 Å². The zero-order valence-corrected chi connectivity index (χ0v) is 9.66. The summed E-state index contributed by atoms with van der Waals surface area (Å²) in [4.78, 5) is 4.25. The molecule has 0 amide bonds. The van der Waals surface area contributed by atoms with E-state index < -0.39 is 0 Å². The van der Waals surface area contributed by atoms with Gasteiger partial charge >= 0.3 is 0 Å². The Kier molecular flexibility index (Phi) is 3.37. The molecule has 82 valence electrons. The smallest absolute Gasteiger partial charge is 0.0375 e. The largest absolute Gasteiger partial charge is 0.310 e. The van der Waals surface area contributed by atoms with E-state index in [2.05, 4.69) is 36.3 Å². The Labute approximate surface area is 92.1 Å². The highest BCUT2D eigenvalue weighted by molar-refractivity contribution is 5.19. The minimum Gasteiger partial charge on any atom is -0.310 e. The van der Waals surface area contributed by atoms with E-state index in [1.54, 1.807) is 0 Å². The SMILES string of the molecule is CCNC(CC1CC1)c1ccnc(C)c1. The van der Waals surface area contributed by atoms with Crippen LogP contribution in [0.2, 0.25) is 0 Å². The molecule has 1 aromatic heterocycles. The van der Waals surface area contributed by atoms with Crippen LogP contribution in [0.5, 0.6) is 0 Å². The van der Waals surface area contributed by atoms with E-state index in [0.717, 1.165) is 18.2 Å². The standard InChI is InChI=1S/C13H20N2/c1-3-14-13(9-11-4-5-11)12-6-7-15-10(2)8-12/h6-8,11,13-14H,3-5,9H2,1-2H3. The molecule has 0 aromatic carbocycles. The van der Waals surface area contributed by atoms with Gasteiger partial charge in [0.25, 0.3) is 0 Å². The van der Waals surface area contributed by atoms with Gasteiger partial charge in [0.15, 0.2) is 0 Å². The highest BCUT2D eigenvalue weighted by Crippen LogP contribution is 2.37. The van der Waals surface area contributed by atoms with Crippen LogP contribution in [0.1, 0.15) is 43.5 Å². The first kappa shape index (κ1) is 10.6. The van der Waals surface area contributed by atoms with Gasteiger partial charge < -0.3 is 5.32 Å². The van der Waals surface area contributed by atoms with E-state index in [1.165, 1.54) is 24.8 Å². The molecule has 1 aromatic rings. The monoisotopic (exact) mass is 204 g/mol. The summed E-state index contributed by atoms with van der Waals surface area (Å²) in [5.74, 6) is 0.961. The Bertz CT molecular complexity index is 318. The van der Waals surface area contributed by atoms with Crippen molar-refractivity contribution in [2.24, 2.45) is 5.92 Å². The van der Waals surface area contributed by atoms with Crippen molar-refractivity contribution in [1.82, 2.24) is 10.3 Å². The van der Waals surface area contributed by atoms with Gasteiger partial charge in [0.1, 0.15) is 0 Å². The molecule has 0 radical (unpaired) electrons. The quantitative estimate of drug-likeness (QED) is 0.797. The first-order chi connectivity index (χ1) is 7.29. The molecule has 0 spiro atoms. The van der Waals surface area contributed by atoms with Gasteiger partial charge in [0, 0.05) is 17.9 Å². The van der Waals surface area contributed by atoms with E-state index >= 15 is 0 Å². The van der Waals surface area contributed by atoms with Crippen molar-refractivity contribution in [3.05, 3.63) is 29.6 Å². The summed E-state index contributed by atoms with van der Waals surface area (Å²) >= 11 is 0. The molecule has 0 saturated heterocycles. The van der Waals surface area contributed by atoms with Crippen molar-refractivity contribution >= 4 is 0 Å². The second-order valence-electron chi connectivity index (χ2n) is 4.52. The third-order valence-corrected chi connectivity index (χ3v) is 3.04. The molecule has 2 rings (SSSR count). The fraction of sp³-hybridized carbons (Fsp3) is 0.615. The molecular weight excluding hydrogens is 184 g/mol. The number of aromatic nitrogens is 1. The molecule has 1 fully saturated rings. The maximum absolute atomic E-state index is 4.25. The Balaban J connectivity index is 2.07. The summed E-state index contributed by atoms with van der Waals surface area (Å²) < 4.78 is 0. The zero-order valence-electron chi connectivity index (χ0n) is 9.66. The van der Waals surface area contributed by atoms with Crippen LogP contribution in [0.25, 0.3) is 0 Å². The van der Waals surface area contributed by atoms with Gasteiger partial charge in [-0.15, -0.1) is 0 Å². The number of hydrogen-bond donors (Lipinski definition) is 1. The Morgan fingerprint density at radius 2 is 2.33 bits per heavy atom. The average Bonchev–Trinajstić information content (AvgIpc) is 3.01. The van der Waals surface area contributed by atoms with E-state index in [9.17, 15) is 0 Å². The lowest BCUT2D eigenvalue weighted by atomic mass is 10.0. The minimum atomic E-state index is 0.532. The lowest BCUT2D eigenvalue weighted by molar-refractivity contribution is 0.486. The molecule has 1 unspecified atom stereocenters. The van der Waals surface area contributed by atoms with Gasteiger partial charge in [-0.3, -0.25) is 4.98 Å². The fourth-order valence-electron chi connectivity index (χ4n) is 2.05. The van der Waals surface area contributed by atoms with Gasteiger partial charge in [-0.2, -0.15) is 0 Å². The highest BCUT2D eigenvalue weighted by Gasteiger charge is 2.25. The topological polar surface area (TPSA) is 24.9 Å². The number of nitrogens with zero attached hydrogens (tertiary/aromatic N) is 1. The number of rotatable bonds is 5. The Morgan fingerprint density at radius 3 is 2.93 bits per heavy atom. The van der Waals surface area contributed by atoms with Crippen molar-refractivity contribution in [3.63, 3.8) is 0 Å². The van der Waals surface area contributed by atoms with Crippen LogP contribution in [0.4, 0.5) is 0 Å². The third-order valence-electron chi connectivity index (χ3n) is 3.04. The number of nitrogens with one attached hydrogen (secondary N) is 1. The van der Waals surface area contributed by atoms with Crippen molar-refractivity contribution in [2.75, 3.05) is 6.54 Å². The van der Waals surface area contributed by atoms with Crippen LogP contribution in [0.15, 0.2) is 18.3 Å². The summed E-state index contributed by atoms with van der Waals surface area (Å²) in [5.41, 5.74) is 2.52. The predicted molar refractivity (Wildman–Crippen MR) is 62.7 cm³/mol. The van der Waals surface area contributed by atoms with E-state index in [0.29, 0.717) is 6.04 Å². The van der Waals surface area contributed by atoms with E-state index in [4.69, 9.17) is 0 Å². The average molecular weight is 204 g/mol. The summed E-state index contributed by atoms with van der Waals surface area (Å²) in [6, 6.07) is 4.88. The number of hydrogen-bond acceptors (Lipinski definition) is 2. The third kappa shape index (κ3) is 3.03. The molecule has 1 atom stereocenters. The van der Waals surface area contributed by atoms with Crippen molar-refractivity contribution < 1.29 is 0 Å². The zero-order chi connectivity index (χ0) is 10.7. The molecule has 1 aliphatic rings. The van der Waals surface area contributed by atoms with Crippen LogP contribution in [-0.4, -0.2) is 11.5 Å². The molecular formula is C13H20N2. The molecule has 0 bridgehead atoms. The maximum atomic E-state index is 4.25. The molecule has 0 aliphatic heterocycles. The first-order valence-corrected chi connectivity index (χ1v) is 5.95. The van der Waals surface area contributed by atoms with Gasteiger partial charge in [-0.1, -0.05) is 19.8 Å². The summed E-state index contributed by atoms with van der Waals surface area (Å²) in [6.07, 6.45) is 6.05. The van der Waals surface area contributed by atoms with Crippen LogP contribution in [0.3, 0.4) is 0 Å². The van der Waals surface area contributed by atoms with E-state index in [-0.39, 0.29) is 0 Å².